The van der Waals surface area contributed by atoms with E-state index in [9.17, 15) is 45.4 Å². The van der Waals surface area contributed by atoms with Crippen LogP contribution in [0.15, 0.2) is 36.4 Å². The number of anilines is 1. The zero-order valence-corrected chi connectivity index (χ0v) is 20.0. The molecule has 2 aromatic carbocycles. The Labute approximate surface area is 212 Å². The summed E-state index contributed by atoms with van der Waals surface area (Å²) < 4.78 is 103. The Bertz CT molecular complexity index is 1170. The molecular formula is C25H24F7NO5. The smallest absolute Gasteiger partial charge is 0.419 e. The minimum atomic E-state index is -4.80. The fraction of sp³-hybridized carbons (Fsp3) is 0.440. The number of benzene rings is 2. The van der Waals surface area contributed by atoms with Gasteiger partial charge in [0.1, 0.15) is 18.2 Å². The van der Waals surface area contributed by atoms with Crippen LogP contribution < -0.4 is 10.1 Å². The van der Waals surface area contributed by atoms with Crippen LogP contribution in [-0.4, -0.2) is 37.3 Å². The molecule has 1 aliphatic rings. The van der Waals surface area contributed by atoms with E-state index in [1.54, 1.807) is 0 Å². The summed E-state index contributed by atoms with van der Waals surface area (Å²) in [4.78, 5) is 25.2. The molecule has 0 heterocycles. The Hall–Kier alpha value is -3.35. The molecule has 0 bridgehead atoms. The van der Waals surface area contributed by atoms with E-state index < -0.39 is 70.4 Å². The molecule has 2 N–H and O–H groups in total. The highest BCUT2D eigenvalue weighted by Crippen LogP contribution is 2.45. The van der Waals surface area contributed by atoms with Crippen LogP contribution in [0, 0.1) is 17.7 Å². The first-order chi connectivity index (χ1) is 17.7. The van der Waals surface area contributed by atoms with Gasteiger partial charge < -0.3 is 19.9 Å². The third kappa shape index (κ3) is 6.74. The van der Waals surface area contributed by atoms with Crippen LogP contribution in [0.4, 0.5) is 36.4 Å². The van der Waals surface area contributed by atoms with Crippen molar-refractivity contribution >= 4 is 17.6 Å². The van der Waals surface area contributed by atoms with Gasteiger partial charge in [-0.1, -0.05) is 12.5 Å². The number of carbonyl (C=O) groups excluding carboxylic acids is 1. The van der Waals surface area contributed by atoms with Crippen molar-refractivity contribution in [2.45, 2.75) is 37.5 Å². The number of methoxy groups -OCH3 is 1. The molecule has 0 radical (unpaired) electrons. The van der Waals surface area contributed by atoms with Gasteiger partial charge in [-0.25, -0.2) is 4.39 Å². The molecule has 0 aliphatic heterocycles. The topological polar surface area (TPSA) is 84.9 Å². The van der Waals surface area contributed by atoms with Gasteiger partial charge in [-0.05, 0) is 54.7 Å². The molecule has 2 aromatic rings. The predicted molar refractivity (Wildman–Crippen MR) is 120 cm³/mol. The van der Waals surface area contributed by atoms with Crippen LogP contribution in [0.1, 0.15) is 41.9 Å². The normalized spacial score (nSPS) is 20.2. The molecule has 0 spiro atoms. The fourth-order valence-corrected chi connectivity index (χ4v) is 4.59. The maximum Gasteiger partial charge on any atom is 0.419 e. The molecule has 3 atom stereocenters. The van der Waals surface area contributed by atoms with E-state index >= 15 is 0 Å². The number of nitrogens with one attached hydrogen (secondary N) is 1. The molecule has 6 nitrogen and oxygen atoms in total. The third-order valence-corrected chi connectivity index (χ3v) is 6.36. The lowest BCUT2D eigenvalue weighted by molar-refractivity contribution is -0.149. The van der Waals surface area contributed by atoms with E-state index in [2.05, 4.69) is 5.32 Å². The lowest BCUT2D eigenvalue weighted by Gasteiger charge is -2.35. The van der Waals surface area contributed by atoms with Gasteiger partial charge in [0.25, 0.3) is 0 Å². The summed E-state index contributed by atoms with van der Waals surface area (Å²) in [6.45, 7) is -0.189. The first-order valence-electron chi connectivity index (χ1n) is 11.5. The minimum absolute atomic E-state index is 0.00542. The van der Waals surface area contributed by atoms with Gasteiger partial charge in [0.15, 0.2) is 0 Å². The van der Waals surface area contributed by atoms with Gasteiger partial charge in [-0.15, -0.1) is 0 Å². The monoisotopic (exact) mass is 551 g/mol. The highest BCUT2D eigenvalue weighted by Gasteiger charge is 2.44. The minimum Gasteiger partial charge on any atom is -0.491 e. The zero-order valence-electron chi connectivity index (χ0n) is 20.0. The summed E-state index contributed by atoms with van der Waals surface area (Å²) in [5, 5.41) is 12.1. The first kappa shape index (κ1) is 29.2. The van der Waals surface area contributed by atoms with Crippen LogP contribution in [0.2, 0.25) is 0 Å². The Morgan fingerprint density at radius 1 is 1.00 bits per heavy atom. The van der Waals surface area contributed by atoms with Crippen molar-refractivity contribution in [1.82, 2.24) is 0 Å². The van der Waals surface area contributed by atoms with Crippen LogP contribution in [-0.2, 0) is 26.7 Å². The largest absolute Gasteiger partial charge is 0.491 e. The van der Waals surface area contributed by atoms with Crippen LogP contribution in [0.25, 0.3) is 0 Å². The van der Waals surface area contributed by atoms with Crippen molar-refractivity contribution in [1.29, 1.82) is 0 Å². The maximum absolute atomic E-state index is 14.3. The molecule has 38 heavy (non-hydrogen) atoms. The van der Waals surface area contributed by atoms with E-state index in [4.69, 9.17) is 9.47 Å². The van der Waals surface area contributed by atoms with Gasteiger partial charge in [0.2, 0.25) is 5.91 Å². The van der Waals surface area contributed by atoms with Crippen molar-refractivity contribution in [3.8, 4) is 5.75 Å². The molecule has 0 saturated heterocycles. The van der Waals surface area contributed by atoms with Crippen molar-refractivity contribution < 1.29 is 54.9 Å². The van der Waals surface area contributed by atoms with E-state index in [1.807, 2.05) is 0 Å². The highest BCUT2D eigenvalue weighted by atomic mass is 19.4. The molecule has 1 saturated carbocycles. The number of hydrogen-bond acceptors (Lipinski definition) is 4. The van der Waals surface area contributed by atoms with Crippen molar-refractivity contribution in [3.63, 3.8) is 0 Å². The van der Waals surface area contributed by atoms with Gasteiger partial charge >= 0.3 is 18.3 Å². The molecule has 0 unspecified atom stereocenters. The third-order valence-electron chi connectivity index (χ3n) is 6.36. The van der Waals surface area contributed by atoms with E-state index in [0.717, 1.165) is 24.3 Å². The number of alkyl halides is 6. The van der Waals surface area contributed by atoms with Crippen LogP contribution >= 0.6 is 0 Å². The molecule has 13 heteroatoms. The summed E-state index contributed by atoms with van der Waals surface area (Å²) in [6, 6.07) is 4.51. The molecule has 1 fully saturated rings. The van der Waals surface area contributed by atoms with Crippen LogP contribution in [0.5, 0.6) is 5.75 Å². The maximum atomic E-state index is 14.3. The molecule has 3 rings (SSSR count). The van der Waals surface area contributed by atoms with Gasteiger partial charge in [0.05, 0.1) is 35.3 Å². The molecule has 1 aliphatic carbocycles. The van der Waals surface area contributed by atoms with Gasteiger partial charge in [0, 0.05) is 7.11 Å². The summed E-state index contributed by atoms with van der Waals surface area (Å²) in [6.07, 6.45) is -8.92. The first-order valence-corrected chi connectivity index (χ1v) is 11.5. The number of aliphatic carboxylic acids is 1. The van der Waals surface area contributed by atoms with E-state index in [1.165, 1.54) is 7.11 Å². The quantitative estimate of drug-likeness (QED) is 0.306. The van der Waals surface area contributed by atoms with Crippen molar-refractivity contribution in [2.75, 3.05) is 25.6 Å². The lowest BCUT2D eigenvalue weighted by atomic mass is 9.69. The Balaban J connectivity index is 1.90. The lowest BCUT2D eigenvalue weighted by Crippen LogP contribution is -2.40. The molecule has 1 amide bonds. The average molecular weight is 551 g/mol. The number of halogens is 7. The number of hydrogen-bond donors (Lipinski definition) is 2. The average Bonchev–Trinajstić information content (AvgIpc) is 2.83. The Morgan fingerprint density at radius 3 is 2.29 bits per heavy atom. The number of carbonyl (C=O) groups is 2. The predicted octanol–water partition coefficient (Wildman–Crippen LogP) is 6.11. The SMILES string of the molecule is COCCOc1cc([C@H]2CCC[C@@H](C(=O)Nc3ccc(C(F)(F)F)cc3F)[C@@H]2C(=O)O)ccc1C(F)(F)F. The standard InChI is InChI=1S/C25H24F7NO5/c1-37-9-10-38-20-11-13(5-7-17(20)25(30,31)32)15-3-2-4-16(21(15)23(35)36)22(34)33-19-8-6-14(12-18(19)26)24(27,28)29/h5-8,11-12,15-16,21H,2-4,9-10H2,1H3,(H,33,34)(H,35,36)/t15-,16-,21-/m1/s1. The number of amides is 1. The summed E-state index contributed by atoms with van der Waals surface area (Å²) in [5.41, 5.74) is -2.68. The molecular weight excluding hydrogens is 527 g/mol. The fourth-order valence-electron chi connectivity index (χ4n) is 4.59. The second-order valence-electron chi connectivity index (χ2n) is 8.78. The van der Waals surface area contributed by atoms with Crippen molar-refractivity contribution in [3.05, 3.63) is 58.9 Å². The summed E-state index contributed by atoms with van der Waals surface area (Å²) in [5.74, 6) is -7.71. The number of rotatable bonds is 8. The Kier molecular flexibility index (Phi) is 8.90. The van der Waals surface area contributed by atoms with Crippen LogP contribution in [0.3, 0.4) is 0 Å². The zero-order chi connectivity index (χ0) is 28.3. The van der Waals surface area contributed by atoms with E-state index in [-0.39, 0.29) is 37.7 Å². The van der Waals surface area contributed by atoms with Gasteiger partial charge in [-0.2, -0.15) is 26.3 Å². The summed E-state index contributed by atoms with van der Waals surface area (Å²) in [7, 11) is 1.34. The summed E-state index contributed by atoms with van der Waals surface area (Å²) >= 11 is 0. The number of carboxylic acids is 1. The molecule has 0 aromatic heterocycles. The van der Waals surface area contributed by atoms with Crippen molar-refractivity contribution in [2.24, 2.45) is 11.8 Å². The van der Waals surface area contributed by atoms with E-state index in [0.29, 0.717) is 12.5 Å². The second kappa shape index (κ2) is 11.6. The number of ether oxygens (including phenoxy) is 2. The second-order valence-corrected chi connectivity index (χ2v) is 8.78. The highest BCUT2D eigenvalue weighted by molar-refractivity contribution is 5.95. The number of carboxylic acid groups (broad SMARTS) is 1. The van der Waals surface area contributed by atoms with Gasteiger partial charge in [-0.3, -0.25) is 9.59 Å². The molecule has 208 valence electrons. The Morgan fingerprint density at radius 2 is 1.71 bits per heavy atom.